The first-order valence-electron chi connectivity index (χ1n) is 15.2. The minimum atomic E-state index is -3.26. The quantitative estimate of drug-likeness (QED) is 0.177. The van der Waals surface area contributed by atoms with E-state index in [0.29, 0.717) is 29.2 Å². The van der Waals surface area contributed by atoms with Crippen LogP contribution >= 0.6 is 22.9 Å². The molecule has 0 bridgehead atoms. The molecule has 3 aliphatic rings. The summed E-state index contributed by atoms with van der Waals surface area (Å²) < 4.78 is 115. The molecule has 3 aliphatic heterocycles. The molecule has 0 aliphatic carbocycles. The summed E-state index contributed by atoms with van der Waals surface area (Å²) in [5.74, 6) is -3.15. The normalized spacial score (nSPS) is 21.9. The van der Waals surface area contributed by atoms with E-state index in [0.717, 1.165) is 18.6 Å². The van der Waals surface area contributed by atoms with Crippen LogP contribution in [0, 0.1) is 23.0 Å². The third-order valence-electron chi connectivity index (χ3n) is 9.26. The number of hydrogen-bond donors (Lipinski definition) is 2. The van der Waals surface area contributed by atoms with Crippen molar-refractivity contribution in [3.8, 4) is 29.0 Å². The molecule has 2 saturated heterocycles. The minimum Gasteiger partial charge on any atom is -0.489 e. The van der Waals surface area contributed by atoms with Gasteiger partial charge in [0.05, 0.1) is 32.8 Å². The molecule has 264 valence electrons. The number of halogens is 8. The van der Waals surface area contributed by atoms with E-state index in [4.69, 9.17) is 21.1 Å². The summed E-state index contributed by atoms with van der Waals surface area (Å²) in [4.78, 5) is 22.3. The number of alkyl halides is 5. The van der Waals surface area contributed by atoms with Crippen molar-refractivity contribution in [2.75, 3.05) is 43.1 Å². The summed E-state index contributed by atoms with van der Waals surface area (Å²) >= 11 is 7.31. The number of ether oxygens (including phenoxy) is 2. The van der Waals surface area contributed by atoms with Crippen LogP contribution in [0.5, 0.6) is 11.8 Å². The monoisotopic (exact) mass is 744 g/mol. The highest BCUT2D eigenvalue weighted by Gasteiger charge is 2.49. The molecule has 1 amide bonds. The summed E-state index contributed by atoms with van der Waals surface area (Å²) in [5.41, 5.74) is -2.48. The molecule has 10 nitrogen and oxygen atoms in total. The highest BCUT2D eigenvalue weighted by molar-refractivity contribution is 7.23. The molecule has 2 aromatic heterocycles. The Labute approximate surface area is 286 Å². The second kappa shape index (κ2) is 12.8. The average Bonchev–Trinajstić information content (AvgIpc) is 3.67. The summed E-state index contributed by atoms with van der Waals surface area (Å²) in [6, 6.07) is 1.22. The maximum atomic E-state index is 17.0. The number of benzene rings is 2. The first kappa shape index (κ1) is 34.1. The Morgan fingerprint density at radius 2 is 2.04 bits per heavy atom. The summed E-state index contributed by atoms with van der Waals surface area (Å²) in [5, 5.41) is 19.8. The molecule has 2 N–H and O–H groups in total. The summed E-state index contributed by atoms with van der Waals surface area (Å²) in [6.45, 7) is -1.56. The van der Waals surface area contributed by atoms with Gasteiger partial charge in [0.25, 0.3) is 12.9 Å². The second-order valence-electron chi connectivity index (χ2n) is 12.2. The minimum absolute atomic E-state index is 0.131. The molecule has 0 radical (unpaired) electrons. The first-order valence-corrected chi connectivity index (χ1v) is 16.4. The molecule has 19 heteroatoms. The van der Waals surface area contributed by atoms with Crippen molar-refractivity contribution in [2.45, 2.75) is 49.9 Å². The predicted octanol–water partition coefficient (Wildman–Crippen LogP) is 7.46. The fraction of sp³-hybridized carbons (Fsp3) is 0.419. The van der Waals surface area contributed by atoms with Gasteiger partial charge in [0.2, 0.25) is 0 Å². The lowest BCUT2D eigenvalue weighted by Gasteiger charge is -2.32. The fourth-order valence-electron chi connectivity index (χ4n) is 7.19. The van der Waals surface area contributed by atoms with Crippen molar-refractivity contribution in [2.24, 2.45) is 0 Å². The van der Waals surface area contributed by atoms with E-state index >= 15 is 8.78 Å². The van der Waals surface area contributed by atoms with Crippen LogP contribution < -0.4 is 19.7 Å². The second-order valence-corrected chi connectivity index (χ2v) is 13.6. The average molecular weight is 745 g/mol. The maximum absolute atomic E-state index is 17.0. The number of amides is 1. The van der Waals surface area contributed by atoms with Gasteiger partial charge >= 0.3 is 12.1 Å². The topological polar surface area (TPSA) is 124 Å². The Morgan fingerprint density at radius 3 is 2.74 bits per heavy atom. The molecule has 0 spiro atoms. The Balaban J connectivity index is 1.48. The molecule has 3 atom stereocenters. The van der Waals surface area contributed by atoms with Crippen LogP contribution in [0.2, 0.25) is 5.02 Å². The van der Waals surface area contributed by atoms with E-state index in [1.165, 1.54) is 0 Å². The van der Waals surface area contributed by atoms with Crippen molar-refractivity contribution in [1.29, 1.82) is 5.26 Å². The molecule has 2 fully saturated rings. The Morgan fingerprint density at radius 1 is 1.26 bits per heavy atom. The lowest BCUT2D eigenvalue weighted by Crippen LogP contribution is -2.46. The number of nitrogens with zero attached hydrogens (tertiary/aromatic N) is 5. The number of rotatable bonds is 8. The van der Waals surface area contributed by atoms with Gasteiger partial charge in [0.1, 0.15) is 53.6 Å². The smallest absolute Gasteiger partial charge is 0.409 e. The number of carboxylic acid groups (broad SMARTS) is 1. The number of nitrogens with one attached hydrogen (secondary N) is 1. The lowest BCUT2D eigenvalue weighted by molar-refractivity contribution is 0.0758. The van der Waals surface area contributed by atoms with E-state index in [1.807, 2.05) is 10.2 Å². The van der Waals surface area contributed by atoms with Crippen molar-refractivity contribution in [3.05, 3.63) is 34.4 Å². The van der Waals surface area contributed by atoms with Crippen LogP contribution in [0.25, 0.3) is 32.1 Å². The molecule has 2 aromatic carbocycles. The molecule has 7 rings (SSSR count). The van der Waals surface area contributed by atoms with Crippen LogP contribution in [0.4, 0.5) is 46.3 Å². The van der Waals surface area contributed by atoms with Crippen molar-refractivity contribution in [1.82, 2.24) is 14.9 Å². The van der Waals surface area contributed by atoms with Gasteiger partial charge < -0.3 is 19.5 Å². The highest BCUT2D eigenvalue weighted by atomic mass is 35.5. The number of anilines is 2. The molecule has 4 aromatic rings. The van der Waals surface area contributed by atoms with Crippen LogP contribution in [0.1, 0.15) is 24.8 Å². The van der Waals surface area contributed by atoms with Gasteiger partial charge in [0, 0.05) is 23.9 Å². The molecular formula is C31H24ClF7N6O4S. The van der Waals surface area contributed by atoms with Gasteiger partial charge in [-0.25, -0.2) is 35.5 Å². The standard InChI is InChI=1S/C31H24ClF7N6O4S/c32-21-19(13-2-3-15(34)25-18(13)14(7-40)28(50-25)43-30(46)47)22(37)23-20-24(21)48-10-16(26(38)39)45(9-17(35)36)27(20)42-29(41-23)49-11-31-4-1-5-44(31)8-12(33)6-31/h2-3,12,16-17,26,43H,1,4-6,8-11H2,(H,46,47)/t12-,16-,31+/m1/s1. The Hall–Kier alpha value is -4.34. The number of thiophene rings is 1. The fourth-order valence-corrected chi connectivity index (χ4v) is 8.60. The molecular weight excluding hydrogens is 721 g/mol. The number of nitriles is 1. The zero-order chi connectivity index (χ0) is 35.6. The van der Waals surface area contributed by atoms with E-state index < -0.39 is 101 Å². The maximum Gasteiger partial charge on any atom is 0.409 e. The lowest BCUT2D eigenvalue weighted by atomic mass is 9.95. The number of aromatic nitrogens is 2. The van der Waals surface area contributed by atoms with E-state index in [1.54, 1.807) is 6.07 Å². The van der Waals surface area contributed by atoms with Gasteiger partial charge in [-0.05, 0) is 31.0 Å². The van der Waals surface area contributed by atoms with Crippen molar-refractivity contribution in [3.63, 3.8) is 0 Å². The highest BCUT2D eigenvalue weighted by Crippen LogP contribution is 2.52. The van der Waals surface area contributed by atoms with E-state index in [2.05, 4.69) is 9.97 Å². The zero-order valence-electron chi connectivity index (χ0n) is 25.5. The molecule has 0 unspecified atom stereocenters. The van der Waals surface area contributed by atoms with Crippen LogP contribution in [0.3, 0.4) is 0 Å². The van der Waals surface area contributed by atoms with Crippen molar-refractivity contribution < 1.29 is 50.1 Å². The number of carbonyl (C=O) groups is 1. The molecule has 0 saturated carbocycles. The summed E-state index contributed by atoms with van der Waals surface area (Å²) in [6.07, 6.45) is -7.66. The number of hydrogen-bond acceptors (Lipinski definition) is 9. The van der Waals surface area contributed by atoms with Crippen LogP contribution in [-0.2, 0) is 0 Å². The third kappa shape index (κ3) is 5.55. The SMILES string of the molecule is N#Cc1c(NC(=O)O)sc2c(F)ccc(-c3c(Cl)c4c5c(nc(OC[C@@]67CCCN6C[C@H](F)C7)nc5c3F)N(CC(F)F)[C@@H](C(F)F)CO4)c12. The zero-order valence-corrected chi connectivity index (χ0v) is 27.0. The van der Waals surface area contributed by atoms with E-state index in [-0.39, 0.29) is 45.8 Å². The largest absolute Gasteiger partial charge is 0.489 e. The Bertz CT molecular complexity index is 2080. The predicted molar refractivity (Wildman–Crippen MR) is 169 cm³/mol. The Kier molecular flexibility index (Phi) is 8.71. The third-order valence-corrected chi connectivity index (χ3v) is 10.7. The number of fused-ring (bicyclic) bond motifs is 2. The molecule has 50 heavy (non-hydrogen) atoms. The van der Waals surface area contributed by atoms with Crippen LogP contribution in [0.15, 0.2) is 12.1 Å². The first-order chi connectivity index (χ1) is 23.8. The van der Waals surface area contributed by atoms with Gasteiger partial charge in [-0.1, -0.05) is 17.7 Å². The van der Waals surface area contributed by atoms with Gasteiger partial charge in [0.15, 0.2) is 11.6 Å². The van der Waals surface area contributed by atoms with Gasteiger partial charge in [-0.3, -0.25) is 10.2 Å². The molecule has 5 heterocycles. The summed E-state index contributed by atoms with van der Waals surface area (Å²) in [7, 11) is 0. The van der Waals surface area contributed by atoms with Crippen molar-refractivity contribution >= 4 is 60.8 Å². The van der Waals surface area contributed by atoms with Gasteiger partial charge in [-0.15, -0.1) is 11.3 Å². The van der Waals surface area contributed by atoms with Gasteiger partial charge in [-0.2, -0.15) is 15.2 Å². The van der Waals surface area contributed by atoms with Crippen LogP contribution in [-0.4, -0.2) is 89.5 Å². The van der Waals surface area contributed by atoms with E-state index in [9.17, 15) is 37.1 Å².